The zero-order valence-electron chi connectivity index (χ0n) is 14.4. The Kier molecular flexibility index (Phi) is 12.1. The molecule has 1 aromatic rings. The number of hydrogen-bond donors (Lipinski definition) is 0. The summed E-state index contributed by atoms with van der Waals surface area (Å²) in [7, 11) is 1.40. The molecule has 0 N–H and O–H groups in total. The van der Waals surface area contributed by atoms with Gasteiger partial charge in [0.2, 0.25) is 0 Å². The van der Waals surface area contributed by atoms with E-state index in [1.54, 1.807) is 0 Å². The molecule has 1 saturated carbocycles. The van der Waals surface area contributed by atoms with Crippen molar-refractivity contribution in [3.63, 3.8) is 0 Å². The van der Waals surface area contributed by atoms with Crippen molar-refractivity contribution >= 4 is 12.3 Å². The quantitative estimate of drug-likeness (QED) is 0.610. The molecule has 124 valence electrons. The lowest BCUT2D eigenvalue weighted by Gasteiger charge is -2.14. The number of benzene rings is 1. The van der Waals surface area contributed by atoms with Crippen LogP contribution < -0.4 is 0 Å². The second-order valence-electron chi connectivity index (χ2n) is 5.27. The van der Waals surface area contributed by atoms with Gasteiger partial charge in [-0.15, -0.1) is 0 Å². The number of aldehydes is 1. The average molecular weight is 306 g/mol. The van der Waals surface area contributed by atoms with Crippen molar-refractivity contribution in [3.05, 3.63) is 35.4 Å². The van der Waals surface area contributed by atoms with Crippen LogP contribution in [0.4, 0.5) is 0 Å². The number of ether oxygens (including phenoxy) is 1. The van der Waals surface area contributed by atoms with Gasteiger partial charge in [-0.1, -0.05) is 62.9 Å². The molecule has 0 aliphatic heterocycles. The number of methoxy groups -OCH3 is 1. The first-order chi connectivity index (χ1) is 10.7. The molecule has 3 nitrogen and oxygen atoms in total. The number of carbonyl (C=O) groups is 2. The summed E-state index contributed by atoms with van der Waals surface area (Å²) in [6.45, 7) is 6.02. The number of carbonyl (C=O) groups excluding carboxylic acids is 2. The summed E-state index contributed by atoms with van der Waals surface area (Å²) in [5.41, 5.74) is 2.19. The molecule has 0 saturated heterocycles. The second-order valence-corrected chi connectivity index (χ2v) is 5.27. The van der Waals surface area contributed by atoms with Crippen LogP contribution in [0.2, 0.25) is 0 Å². The Bertz CT molecular complexity index is 403. The first-order valence-electron chi connectivity index (χ1n) is 8.23. The highest BCUT2D eigenvalue weighted by Crippen LogP contribution is 2.21. The van der Waals surface area contributed by atoms with Gasteiger partial charge in [-0.3, -0.25) is 4.79 Å². The smallest absolute Gasteiger partial charge is 0.309 e. The lowest BCUT2D eigenvalue weighted by atomic mass is 9.91. The van der Waals surface area contributed by atoms with Crippen LogP contribution in [0.1, 0.15) is 57.1 Å². The fourth-order valence-corrected chi connectivity index (χ4v) is 2.22. The maximum atomic E-state index is 10.8. The average Bonchev–Trinajstić information content (AvgIpc) is 2.60. The lowest BCUT2D eigenvalue weighted by molar-refractivity contribution is -0.139. The van der Waals surface area contributed by atoms with E-state index in [-0.39, 0.29) is 5.97 Å². The van der Waals surface area contributed by atoms with Crippen LogP contribution >= 0.6 is 0 Å². The van der Waals surface area contributed by atoms with Crippen molar-refractivity contribution in [1.82, 2.24) is 0 Å². The van der Waals surface area contributed by atoms with Crippen molar-refractivity contribution in [1.29, 1.82) is 0 Å². The minimum absolute atomic E-state index is 0.196. The monoisotopic (exact) mass is 306 g/mol. The van der Waals surface area contributed by atoms with E-state index in [9.17, 15) is 9.59 Å². The summed E-state index contributed by atoms with van der Waals surface area (Å²) >= 11 is 0. The van der Waals surface area contributed by atoms with Crippen molar-refractivity contribution in [2.75, 3.05) is 7.11 Å². The fraction of sp³-hybridized carbons (Fsp3) is 0.579. The van der Waals surface area contributed by atoms with Crippen molar-refractivity contribution in [2.24, 2.45) is 5.92 Å². The van der Waals surface area contributed by atoms with Gasteiger partial charge in [0, 0.05) is 5.92 Å². The van der Waals surface area contributed by atoms with Gasteiger partial charge in [0.15, 0.2) is 0 Å². The van der Waals surface area contributed by atoms with E-state index in [1.165, 1.54) is 31.9 Å². The van der Waals surface area contributed by atoms with Gasteiger partial charge < -0.3 is 9.53 Å². The molecule has 1 aromatic carbocycles. The molecule has 0 unspecified atom stereocenters. The van der Waals surface area contributed by atoms with E-state index in [0.29, 0.717) is 12.3 Å². The lowest BCUT2D eigenvalue weighted by Crippen LogP contribution is -2.06. The van der Waals surface area contributed by atoms with Gasteiger partial charge in [-0.25, -0.2) is 0 Å². The third kappa shape index (κ3) is 9.32. The largest absolute Gasteiger partial charge is 0.469 e. The Balaban J connectivity index is 0.000000382. The van der Waals surface area contributed by atoms with E-state index < -0.39 is 0 Å². The zero-order chi connectivity index (χ0) is 16.8. The van der Waals surface area contributed by atoms with Gasteiger partial charge in [0.05, 0.1) is 13.5 Å². The van der Waals surface area contributed by atoms with Crippen LogP contribution in [0.15, 0.2) is 24.3 Å². The Labute approximate surface area is 135 Å². The molecule has 22 heavy (non-hydrogen) atoms. The predicted octanol–water partition coefficient (Wildman–Crippen LogP) is 4.50. The summed E-state index contributed by atoms with van der Waals surface area (Å²) < 4.78 is 4.55. The van der Waals surface area contributed by atoms with Crippen molar-refractivity contribution < 1.29 is 14.3 Å². The maximum Gasteiger partial charge on any atom is 0.309 e. The van der Waals surface area contributed by atoms with Gasteiger partial charge in [-0.05, 0) is 25.3 Å². The Morgan fingerprint density at radius 2 is 1.68 bits per heavy atom. The fourth-order valence-electron chi connectivity index (χ4n) is 2.22. The highest BCUT2D eigenvalue weighted by molar-refractivity contribution is 5.72. The molecule has 0 aromatic heterocycles. The minimum atomic E-state index is -0.196. The molecule has 1 aliphatic rings. The SMILES string of the molecule is CC.COC(=O)Cc1ccc(C)cc1.O=CC1CCCCC1. The van der Waals surface area contributed by atoms with Crippen LogP contribution in [0, 0.1) is 12.8 Å². The molecule has 3 heteroatoms. The van der Waals surface area contributed by atoms with E-state index >= 15 is 0 Å². The first kappa shape index (κ1) is 20.4. The molecule has 0 bridgehead atoms. The van der Waals surface area contributed by atoms with Gasteiger partial charge in [-0.2, -0.15) is 0 Å². The molecule has 0 amide bonds. The number of aryl methyl sites for hydroxylation is 1. The first-order valence-corrected chi connectivity index (χ1v) is 8.23. The minimum Gasteiger partial charge on any atom is -0.469 e. The third-order valence-electron chi connectivity index (χ3n) is 3.54. The van der Waals surface area contributed by atoms with E-state index in [1.807, 2.05) is 45.0 Å². The second kappa shape index (κ2) is 13.1. The Morgan fingerprint density at radius 3 is 2.09 bits per heavy atom. The Hall–Kier alpha value is -1.64. The number of hydrogen-bond acceptors (Lipinski definition) is 3. The summed E-state index contributed by atoms with van der Waals surface area (Å²) in [4.78, 5) is 21.0. The molecular weight excluding hydrogens is 276 g/mol. The summed E-state index contributed by atoms with van der Waals surface area (Å²) in [5, 5.41) is 0. The Morgan fingerprint density at radius 1 is 1.14 bits per heavy atom. The van der Waals surface area contributed by atoms with Crippen LogP contribution in [-0.2, 0) is 20.7 Å². The molecule has 0 atom stereocenters. The third-order valence-corrected chi connectivity index (χ3v) is 3.54. The molecule has 0 radical (unpaired) electrons. The standard InChI is InChI=1S/C10H12O2.C7H12O.C2H6/c1-8-3-5-9(6-4-8)7-10(11)12-2;8-6-7-4-2-1-3-5-7;1-2/h3-6H,7H2,1-2H3;6-7H,1-5H2;1-2H3. The van der Waals surface area contributed by atoms with Crippen LogP contribution in [0.25, 0.3) is 0 Å². The predicted molar refractivity (Wildman–Crippen MR) is 90.9 cm³/mol. The maximum absolute atomic E-state index is 10.8. The molecule has 0 heterocycles. The van der Waals surface area contributed by atoms with E-state index in [2.05, 4.69) is 4.74 Å². The van der Waals surface area contributed by atoms with E-state index in [0.717, 1.165) is 24.7 Å². The number of rotatable bonds is 3. The summed E-state index contributed by atoms with van der Waals surface area (Å²) in [5.74, 6) is 0.211. The molecule has 0 spiro atoms. The molecule has 2 rings (SSSR count). The zero-order valence-corrected chi connectivity index (χ0v) is 14.4. The highest BCUT2D eigenvalue weighted by Gasteiger charge is 2.10. The topological polar surface area (TPSA) is 43.4 Å². The van der Waals surface area contributed by atoms with Crippen LogP contribution in [0.3, 0.4) is 0 Å². The van der Waals surface area contributed by atoms with Crippen LogP contribution in [0.5, 0.6) is 0 Å². The number of esters is 1. The van der Waals surface area contributed by atoms with Gasteiger partial charge in [0.25, 0.3) is 0 Å². The normalized spacial score (nSPS) is 13.8. The molecule has 1 fully saturated rings. The van der Waals surface area contributed by atoms with Crippen molar-refractivity contribution in [3.8, 4) is 0 Å². The van der Waals surface area contributed by atoms with Crippen LogP contribution in [-0.4, -0.2) is 19.4 Å². The van der Waals surface area contributed by atoms with Crippen molar-refractivity contribution in [2.45, 2.75) is 59.3 Å². The van der Waals surface area contributed by atoms with Gasteiger partial charge in [0.1, 0.15) is 6.29 Å². The molecule has 1 aliphatic carbocycles. The molecular formula is C19H30O3. The summed E-state index contributed by atoms with van der Waals surface area (Å²) in [6.07, 6.45) is 7.63. The van der Waals surface area contributed by atoms with Gasteiger partial charge >= 0.3 is 5.97 Å². The summed E-state index contributed by atoms with van der Waals surface area (Å²) in [6, 6.07) is 7.84. The van der Waals surface area contributed by atoms with E-state index in [4.69, 9.17) is 0 Å². The highest BCUT2D eigenvalue weighted by atomic mass is 16.5.